The fourth-order valence-corrected chi connectivity index (χ4v) is 3.29. The van der Waals surface area contributed by atoms with Crippen LogP contribution in [0.2, 0.25) is 15.1 Å². The van der Waals surface area contributed by atoms with E-state index in [0.717, 1.165) is 18.7 Å². The first kappa shape index (κ1) is 16.2. The van der Waals surface area contributed by atoms with Crippen molar-refractivity contribution in [2.24, 2.45) is 0 Å². The van der Waals surface area contributed by atoms with Gasteiger partial charge in [0.15, 0.2) is 0 Å². The molecular weight excluding hydrogens is 315 g/mol. The predicted octanol–water partition coefficient (Wildman–Crippen LogP) is 5.37. The van der Waals surface area contributed by atoms with E-state index in [1.165, 1.54) is 25.7 Å². The molecule has 2 N–H and O–H groups in total. The number of rotatable bonds is 4. The number of benzene rings is 1. The molecule has 0 saturated carbocycles. The van der Waals surface area contributed by atoms with E-state index in [9.17, 15) is 0 Å². The summed E-state index contributed by atoms with van der Waals surface area (Å²) in [5.41, 5.74) is 0.849. The molecular formula is C15H21Cl3N2. The highest BCUT2D eigenvalue weighted by Gasteiger charge is 2.16. The molecule has 1 aliphatic heterocycles. The molecule has 0 aliphatic carbocycles. The van der Waals surface area contributed by atoms with Gasteiger partial charge in [-0.05, 0) is 44.9 Å². The average Bonchev–Trinajstić information content (AvgIpc) is 2.64. The quantitative estimate of drug-likeness (QED) is 0.723. The summed E-state index contributed by atoms with van der Waals surface area (Å²) >= 11 is 18.2. The van der Waals surface area contributed by atoms with E-state index >= 15 is 0 Å². The lowest BCUT2D eigenvalue weighted by atomic mass is 10.0. The Balaban J connectivity index is 1.93. The second-order valence-corrected chi connectivity index (χ2v) is 6.75. The van der Waals surface area contributed by atoms with Crippen molar-refractivity contribution in [2.75, 3.05) is 11.9 Å². The Labute approximate surface area is 136 Å². The van der Waals surface area contributed by atoms with Crippen LogP contribution in [-0.4, -0.2) is 18.6 Å². The molecule has 2 nitrogen and oxygen atoms in total. The molecule has 1 aromatic rings. The smallest absolute Gasteiger partial charge is 0.0653 e. The first-order chi connectivity index (χ1) is 9.56. The zero-order chi connectivity index (χ0) is 14.5. The summed E-state index contributed by atoms with van der Waals surface area (Å²) in [7, 11) is 0. The van der Waals surface area contributed by atoms with Gasteiger partial charge in [-0.2, -0.15) is 0 Å². The Bertz CT molecular complexity index is 443. The highest BCUT2D eigenvalue weighted by atomic mass is 35.5. The molecule has 0 aromatic heterocycles. The molecule has 20 heavy (non-hydrogen) atoms. The molecule has 2 unspecified atom stereocenters. The minimum Gasteiger partial charge on any atom is -0.381 e. The van der Waals surface area contributed by atoms with Crippen LogP contribution in [0, 0.1) is 0 Å². The summed E-state index contributed by atoms with van der Waals surface area (Å²) in [5.74, 6) is 0. The van der Waals surface area contributed by atoms with E-state index in [2.05, 4.69) is 17.6 Å². The molecule has 5 heteroatoms. The van der Waals surface area contributed by atoms with Gasteiger partial charge >= 0.3 is 0 Å². The van der Waals surface area contributed by atoms with E-state index < -0.39 is 0 Å². The van der Waals surface area contributed by atoms with Gasteiger partial charge in [-0.1, -0.05) is 47.6 Å². The zero-order valence-corrected chi connectivity index (χ0v) is 14.0. The zero-order valence-electron chi connectivity index (χ0n) is 11.7. The van der Waals surface area contributed by atoms with Crippen molar-refractivity contribution in [3.63, 3.8) is 0 Å². The van der Waals surface area contributed by atoms with E-state index in [0.29, 0.717) is 27.2 Å². The Morgan fingerprint density at radius 3 is 2.70 bits per heavy atom. The minimum atomic E-state index is 0.334. The van der Waals surface area contributed by atoms with Crippen LogP contribution in [-0.2, 0) is 0 Å². The third-order valence-corrected chi connectivity index (χ3v) is 4.75. The lowest BCUT2D eigenvalue weighted by molar-refractivity contribution is 0.456. The molecule has 1 aliphatic rings. The Morgan fingerprint density at radius 2 is 1.90 bits per heavy atom. The van der Waals surface area contributed by atoms with Crippen LogP contribution < -0.4 is 10.6 Å². The summed E-state index contributed by atoms with van der Waals surface area (Å²) < 4.78 is 0. The van der Waals surface area contributed by atoms with Crippen molar-refractivity contribution in [1.82, 2.24) is 5.32 Å². The van der Waals surface area contributed by atoms with Crippen LogP contribution >= 0.6 is 34.8 Å². The second-order valence-electron chi connectivity index (χ2n) is 5.53. The van der Waals surface area contributed by atoms with Gasteiger partial charge in [0.2, 0.25) is 0 Å². The number of nitrogens with one attached hydrogen (secondary N) is 2. The first-order valence-corrected chi connectivity index (χ1v) is 8.34. The Hall–Kier alpha value is -0.150. The van der Waals surface area contributed by atoms with Gasteiger partial charge in [-0.25, -0.2) is 0 Å². The summed E-state index contributed by atoms with van der Waals surface area (Å²) in [5, 5.41) is 8.67. The third-order valence-electron chi connectivity index (χ3n) is 3.71. The highest BCUT2D eigenvalue weighted by Crippen LogP contribution is 2.32. The van der Waals surface area contributed by atoms with E-state index in [1.807, 2.05) is 0 Å². The molecule has 112 valence electrons. The Kier molecular flexibility index (Phi) is 6.28. The van der Waals surface area contributed by atoms with E-state index in [4.69, 9.17) is 34.8 Å². The number of anilines is 1. The summed E-state index contributed by atoms with van der Waals surface area (Å²) in [6.07, 6.45) is 6.27. The normalized spacial score (nSPS) is 21.3. The second kappa shape index (κ2) is 7.74. The average molecular weight is 336 g/mol. The fourth-order valence-electron chi connectivity index (χ4n) is 2.69. The van der Waals surface area contributed by atoms with Crippen LogP contribution in [0.4, 0.5) is 5.69 Å². The molecule has 0 radical (unpaired) electrons. The van der Waals surface area contributed by atoms with Crippen LogP contribution in [0.5, 0.6) is 0 Å². The molecule has 0 amide bonds. The van der Waals surface area contributed by atoms with Crippen LogP contribution in [0.15, 0.2) is 12.1 Å². The summed E-state index contributed by atoms with van der Waals surface area (Å²) in [6, 6.07) is 4.40. The summed E-state index contributed by atoms with van der Waals surface area (Å²) in [4.78, 5) is 0. The topological polar surface area (TPSA) is 24.1 Å². The lowest BCUT2D eigenvalue weighted by Gasteiger charge is -2.23. The first-order valence-electron chi connectivity index (χ1n) is 7.20. The molecule has 1 fully saturated rings. The molecule has 2 rings (SSSR count). The maximum atomic E-state index is 6.19. The maximum absolute atomic E-state index is 6.19. The maximum Gasteiger partial charge on any atom is 0.0653 e. The van der Waals surface area contributed by atoms with Crippen molar-refractivity contribution in [2.45, 2.75) is 51.1 Å². The monoisotopic (exact) mass is 334 g/mol. The summed E-state index contributed by atoms with van der Waals surface area (Å²) in [6.45, 7) is 3.30. The number of hydrogen-bond donors (Lipinski definition) is 2. The van der Waals surface area contributed by atoms with Gasteiger partial charge in [0, 0.05) is 12.1 Å². The Morgan fingerprint density at radius 1 is 1.15 bits per heavy atom. The van der Waals surface area contributed by atoms with Gasteiger partial charge in [-0.15, -0.1) is 0 Å². The molecule has 1 heterocycles. The van der Waals surface area contributed by atoms with Gasteiger partial charge in [0.1, 0.15) is 0 Å². The number of hydrogen-bond acceptors (Lipinski definition) is 2. The van der Waals surface area contributed by atoms with Gasteiger partial charge in [0.05, 0.1) is 20.8 Å². The van der Waals surface area contributed by atoms with Gasteiger partial charge in [0.25, 0.3) is 0 Å². The van der Waals surface area contributed by atoms with Crippen molar-refractivity contribution >= 4 is 40.5 Å². The largest absolute Gasteiger partial charge is 0.381 e. The van der Waals surface area contributed by atoms with Crippen molar-refractivity contribution in [3.05, 3.63) is 27.2 Å². The van der Waals surface area contributed by atoms with Crippen molar-refractivity contribution < 1.29 is 0 Å². The number of halogens is 3. The van der Waals surface area contributed by atoms with Gasteiger partial charge < -0.3 is 10.6 Å². The molecule has 1 saturated heterocycles. The lowest BCUT2D eigenvalue weighted by Crippen LogP contribution is -2.33. The van der Waals surface area contributed by atoms with E-state index in [-0.39, 0.29) is 0 Å². The minimum absolute atomic E-state index is 0.334. The van der Waals surface area contributed by atoms with Crippen LogP contribution in [0.3, 0.4) is 0 Å². The molecule has 1 aromatic carbocycles. The SMILES string of the molecule is CC(CC1CCCCCN1)Nc1cc(Cl)c(Cl)cc1Cl. The highest BCUT2D eigenvalue weighted by molar-refractivity contribution is 6.44. The standard InChI is InChI=1S/C15H21Cl3N2/c1-10(7-11-5-3-2-4-6-19-11)20-15-9-13(17)12(16)8-14(15)18/h8-11,19-20H,2-7H2,1H3. The van der Waals surface area contributed by atoms with Gasteiger partial charge in [-0.3, -0.25) is 0 Å². The predicted molar refractivity (Wildman–Crippen MR) is 89.4 cm³/mol. The third kappa shape index (κ3) is 4.70. The molecule has 0 spiro atoms. The van der Waals surface area contributed by atoms with Crippen molar-refractivity contribution in [3.8, 4) is 0 Å². The van der Waals surface area contributed by atoms with E-state index in [1.54, 1.807) is 12.1 Å². The van der Waals surface area contributed by atoms with Crippen LogP contribution in [0.25, 0.3) is 0 Å². The van der Waals surface area contributed by atoms with Crippen molar-refractivity contribution in [1.29, 1.82) is 0 Å². The molecule has 2 atom stereocenters. The fraction of sp³-hybridized carbons (Fsp3) is 0.600. The molecule has 0 bridgehead atoms. The van der Waals surface area contributed by atoms with Crippen LogP contribution in [0.1, 0.15) is 39.0 Å².